The second-order valence-corrected chi connectivity index (χ2v) is 7.76. The highest BCUT2D eigenvalue weighted by molar-refractivity contribution is 7.75. The lowest BCUT2D eigenvalue weighted by Gasteiger charge is -2.25. The standard InChI is InChI=1S/C13H15N2OP/c1-10-9-17(16,11-6-4-3-5-7-11)12-8-14-15-13(10,12)2/h3-7,9,12H,8H2,1-2H3/t12-,13-,17-/m1/s1. The van der Waals surface area contributed by atoms with Gasteiger partial charge in [-0.1, -0.05) is 30.3 Å². The topological polar surface area (TPSA) is 41.8 Å². The van der Waals surface area contributed by atoms with Gasteiger partial charge in [0.1, 0.15) is 12.7 Å². The number of benzene rings is 1. The number of nitrogens with zero attached hydrogens (tertiary/aromatic N) is 2. The maximum atomic E-state index is 13.2. The van der Waals surface area contributed by atoms with Gasteiger partial charge in [-0.05, 0) is 25.2 Å². The summed E-state index contributed by atoms with van der Waals surface area (Å²) in [4.78, 5) is 0. The van der Waals surface area contributed by atoms with Gasteiger partial charge in [0.2, 0.25) is 0 Å². The van der Waals surface area contributed by atoms with Crippen molar-refractivity contribution < 1.29 is 4.57 Å². The Bertz CT molecular complexity index is 564. The molecule has 2 heterocycles. The van der Waals surface area contributed by atoms with Crippen LogP contribution < -0.4 is 5.30 Å². The molecule has 0 spiro atoms. The Balaban J connectivity index is 2.16. The molecule has 0 N–H and O–H groups in total. The van der Waals surface area contributed by atoms with Crippen molar-refractivity contribution in [2.24, 2.45) is 10.2 Å². The lowest BCUT2D eigenvalue weighted by atomic mass is 9.92. The molecule has 88 valence electrons. The molecule has 2 aliphatic rings. The second-order valence-electron chi connectivity index (χ2n) is 4.94. The van der Waals surface area contributed by atoms with Crippen molar-refractivity contribution in [2.45, 2.75) is 25.0 Å². The van der Waals surface area contributed by atoms with Gasteiger partial charge < -0.3 is 4.57 Å². The van der Waals surface area contributed by atoms with Crippen molar-refractivity contribution in [2.75, 3.05) is 6.54 Å². The molecule has 1 aromatic carbocycles. The average molecular weight is 246 g/mol. The number of azo groups is 1. The third-order valence-electron chi connectivity index (χ3n) is 3.99. The quantitative estimate of drug-likeness (QED) is 0.701. The van der Waals surface area contributed by atoms with E-state index in [4.69, 9.17) is 0 Å². The van der Waals surface area contributed by atoms with Crippen molar-refractivity contribution in [1.29, 1.82) is 0 Å². The Hall–Kier alpha value is -1.21. The molecule has 0 fully saturated rings. The van der Waals surface area contributed by atoms with E-state index in [1.807, 2.05) is 50.0 Å². The summed E-state index contributed by atoms with van der Waals surface area (Å²) in [5, 5.41) is 9.37. The summed E-state index contributed by atoms with van der Waals surface area (Å²) in [6.07, 6.45) is 0. The van der Waals surface area contributed by atoms with Crippen LogP contribution in [0.2, 0.25) is 0 Å². The smallest absolute Gasteiger partial charge is 0.144 e. The fourth-order valence-electron chi connectivity index (χ4n) is 2.77. The van der Waals surface area contributed by atoms with Crippen molar-refractivity contribution in [1.82, 2.24) is 0 Å². The number of hydrogen-bond acceptors (Lipinski definition) is 3. The molecule has 4 heteroatoms. The van der Waals surface area contributed by atoms with Gasteiger partial charge in [0.05, 0.1) is 12.2 Å². The van der Waals surface area contributed by atoms with E-state index in [1.165, 1.54) is 0 Å². The zero-order valence-electron chi connectivity index (χ0n) is 10.00. The lowest BCUT2D eigenvalue weighted by Crippen LogP contribution is -2.33. The van der Waals surface area contributed by atoms with Crippen LogP contribution in [0.15, 0.2) is 52.0 Å². The number of hydrogen-bond donors (Lipinski definition) is 0. The highest BCUT2D eigenvalue weighted by atomic mass is 31.2. The molecule has 0 amide bonds. The van der Waals surface area contributed by atoms with E-state index < -0.39 is 7.14 Å². The van der Waals surface area contributed by atoms with Crippen LogP contribution in [0.5, 0.6) is 0 Å². The molecule has 3 nitrogen and oxygen atoms in total. The Morgan fingerprint density at radius 1 is 1.35 bits per heavy atom. The van der Waals surface area contributed by atoms with Crippen molar-refractivity contribution in [3.05, 3.63) is 41.7 Å². The third-order valence-corrected chi connectivity index (χ3v) is 7.46. The van der Waals surface area contributed by atoms with Gasteiger partial charge in [-0.3, -0.25) is 0 Å². The van der Waals surface area contributed by atoms with Crippen molar-refractivity contribution in [3.63, 3.8) is 0 Å². The molecular formula is C13H15N2OP. The van der Waals surface area contributed by atoms with E-state index in [1.54, 1.807) is 0 Å². The van der Waals surface area contributed by atoms with Crippen molar-refractivity contribution in [3.8, 4) is 0 Å². The monoisotopic (exact) mass is 246 g/mol. The summed E-state index contributed by atoms with van der Waals surface area (Å²) in [6, 6.07) is 9.74. The first-order chi connectivity index (χ1) is 8.07. The van der Waals surface area contributed by atoms with Crippen LogP contribution in [0.3, 0.4) is 0 Å². The fourth-order valence-corrected chi connectivity index (χ4v) is 6.25. The predicted octanol–water partition coefficient (Wildman–Crippen LogP) is 3.19. The van der Waals surface area contributed by atoms with Crippen LogP contribution in [-0.4, -0.2) is 17.7 Å². The zero-order valence-corrected chi connectivity index (χ0v) is 10.9. The largest absolute Gasteiger partial charge is 0.314 e. The molecule has 0 saturated carbocycles. The number of rotatable bonds is 1. The van der Waals surface area contributed by atoms with E-state index in [9.17, 15) is 4.57 Å². The van der Waals surface area contributed by atoms with Crippen molar-refractivity contribution >= 4 is 12.4 Å². The number of fused-ring (bicyclic) bond motifs is 1. The fraction of sp³-hybridized carbons (Fsp3) is 0.385. The molecule has 0 aliphatic carbocycles. The normalized spacial score (nSPS) is 39.2. The van der Waals surface area contributed by atoms with Gasteiger partial charge >= 0.3 is 0 Å². The third kappa shape index (κ3) is 1.32. The lowest BCUT2D eigenvalue weighted by molar-refractivity contribution is 0.543. The van der Waals surface area contributed by atoms with Gasteiger partial charge in [-0.2, -0.15) is 10.2 Å². The minimum Gasteiger partial charge on any atom is -0.314 e. The first-order valence-corrected chi connectivity index (χ1v) is 7.65. The first kappa shape index (κ1) is 10.9. The van der Waals surface area contributed by atoms with E-state index in [-0.39, 0.29) is 11.2 Å². The summed E-state index contributed by atoms with van der Waals surface area (Å²) >= 11 is 0. The molecule has 0 radical (unpaired) electrons. The second kappa shape index (κ2) is 3.39. The molecule has 17 heavy (non-hydrogen) atoms. The van der Waals surface area contributed by atoms with Crippen LogP contribution in [-0.2, 0) is 4.57 Å². The van der Waals surface area contributed by atoms with E-state index in [0.717, 1.165) is 10.9 Å². The Morgan fingerprint density at radius 2 is 2.06 bits per heavy atom. The van der Waals surface area contributed by atoms with Gasteiger partial charge in [0, 0.05) is 5.30 Å². The van der Waals surface area contributed by atoms with Crippen LogP contribution in [0.25, 0.3) is 0 Å². The van der Waals surface area contributed by atoms with Gasteiger partial charge in [-0.25, -0.2) is 0 Å². The maximum absolute atomic E-state index is 13.2. The minimum atomic E-state index is -2.50. The highest BCUT2D eigenvalue weighted by Crippen LogP contribution is 2.64. The van der Waals surface area contributed by atoms with Crippen LogP contribution in [0.1, 0.15) is 13.8 Å². The Kier molecular flexibility index (Phi) is 2.18. The van der Waals surface area contributed by atoms with Gasteiger partial charge in [0.25, 0.3) is 0 Å². The van der Waals surface area contributed by atoms with E-state index in [2.05, 4.69) is 10.2 Å². The molecular weight excluding hydrogens is 231 g/mol. The average Bonchev–Trinajstić information content (AvgIpc) is 2.81. The Labute approximate surface area is 101 Å². The molecule has 2 aliphatic heterocycles. The van der Waals surface area contributed by atoms with Crippen LogP contribution in [0.4, 0.5) is 0 Å². The van der Waals surface area contributed by atoms with Gasteiger partial charge in [0.15, 0.2) is 0 Å². The summed E-state index contributed by atoms with van der Waals surface area (Å²) in [5.74, 6) is 1.95. The van der Waals surface area contributed by atoms with Crippen LogP contribution in [0, 0.1) is 0 Å². The summed E-state index contributed by atoms with van der Waals surface area (Å²) in [7, 11) is -2.50. The molecule has 0 bridgehead atoms. The molecule has 3 rings (SSSR count). The van der Waals surface area contributed by atoms with Gasteiger partial charge in [-0.15, -0.1) is 0 Å². The SMILES string of the molecule is CC1=C[P@@](=O)(c2ccccc2)[C@@H]2CN=N[C@]12C. The summed E-state index contributed by atoms with van der Waals surface area (Å²) in [6.45, 7) is 4.64. The van der Waals surface area contributed by atoms with E-state index in [0.29, 0.717) is 6.54 Å². The maximum Gasteiger partial charge on any atom is 0.144 e. The summed E-state index contributed by atoms with van der Waals surface area (Å²) in [5.41, 5.74) is 0.777. The molecule has 3 atom stereocenters. The zero-order chi connectivity index (χ0) is 12.1. The molecule has 0 unspecified atom stereocenters. The Morgan fingerprint density at radius 3 is 2.76 bits per heavy atom. The first-order valence-electron chi connectivity index (χ1n) is 5.81. The van der Waals surface area contributed by atoms with E-state index >= 15 is 0 Å². The summed E-state index contributed by atoms with van der Waals surface area (Å²) < 4.78 is 13.2. The minimum absolute atomic E-state index is 0.0254. The molecule has 0 saturated heterocycles. The predicted molar refractivity (Wildman–Crippen MR) is 69.4 cm³/mol. The molecule has 1 aromatic rings. The van der Waals surface area contributed by atoms with Crippen LogP contribution >= 0.6 is 7.14 Å². The molecule has 0 aromatic heterocycles. The highest BCUT2D eigenvalue weighted by Gasteiger charge is 2.55.